The number of hydrogen-bond acceptors (Lipinski definition) is 1. The molecule has 92 valence electrons. The molecule has 2 aromatic carbocycles. The molecule has 2 heteroatoms. The summed E-state index contributed by atoms with van der Waals surface area (Å²) in [4.78, 5) is 0. The van der Waals surface area contributed by atoms with Gasteiger partial charge in [0.25, 0.3) is 0 Å². The number of aromatic hydroxyl groups is 1. The van der Waals surface area contributed by atoms with Crippen molar-refractivity contribution in [2.24, 2.45) is 0 Å². The molecule has 0 fully saturated rings. The normalized spacial score (nSPS) is 14.3. The van der Waals surface area contributed by atoms with Crippen LogP contribution >= 0.6 is 15.9 Å². The van der Waals surface area contributed by atoms with E-state index in [0.717, 1.165) is 31.2 Å². The van der Waals surface area contributed by atoms with E-state index in [1.54, 1.807) is 0 Å². The molecule has 0 unspecified atom stereocenters. The van der Waals surface area contributed by atoms with Gasteiger partial charge in [-0.05, 0) is 60.1 Å². The van der Waals surface area contributed by atoms with E-state index in [0.29, 0.717) is 5.75 Å². The maximum absolute atomic E-state index is 10.0. The molecule has 0 aliphatic heterocycles. The van der Waals surface area contributed by atoms with Crippen molar-refractivity contribution < 1.29 is 5.11 Å². The lowest BCUT2D eigenvalue weighted by Gasteiger charge is -2.12. The van der Waals surface area contributed by atoms with E-state index in [1.807, 2.05) is 6.07 Å². The summed E-state index contributed by atoms with van der Waals surface area (Å²) in [7, 11) is 0. The zero-order valence-corrected chi connectivity index (χ0v) is 11.7. The largest absolute Gasteiger partial charge is 0.508 e. The lowest BCUT2D eigenvalue weighted by molar-refractivity contribution is 0.467. The Kier molecular flexibility index (Phi) is 3.13. The van der Waals surface area contributed by atoms with Crippen molar-refractivity contribution in [3.05, 3.63) is 63.1 Å². The first-order chi connectivity index (χ1) is 8.72. The van der Waals surface area contributed by atoms with Gasteiger partial charge in [-0.2, -0.15) is 0 Å². The van der Waals surface area contributed by atoms with Gasteiger partial charge in [0.2, 0.25) is 0 Å². The Hall–Kier alpha value is -1.28. The number of halogens is 1. The van der Waals surface area contributed by atoms with Gasteiger partial charge in [0.05, 0.1) is 0 Å². The smallest absolute Gasteiger partial charge is 0.119 e. The lowest BCUT2D eigenvalue weighted by atomic mass is 9.96. The van der Waals surface area contributed by atoms with Crippen LogP contribution in [0.3, 0.4) is 0 Å². The fourth-order valence-electron chi connectivity index (χ4n) is 2.48. The van der Waals surface area contributed by atoms with Crippen LogP contribution in [0.25, 0.3) is 0 Å². The molecule has 0 spiro atoms. The first-order valence-electron chi connectivity index (χ1n) is 6.30. The third-order valence-electron chi connectivity index (χ3n) is 3.63. The Bertz CT molecular complexity index is 536. The number of hydrogen-bond donors (Lipinski definition) is 1. The maximum Gasteiger partial charge on any atom is 0.119 e. The van der Waals surface area contributed by atoms with Crippen LogP contribution in [0.1, 0.15) is 22.3 Å². The molecule has 0 saturated carbocycles. The molecule has 1 nitrogen and oxygen atoms in total. The van der Waals surface area contributed by atoms with E-state index in [1.165, 1.54) is 21.2 Å². The van der Waals surface area contributed by atoms with Crippen molar-refractivity contribution in [1.29, 1.82) is 0 Å². The van der Waals surface area contributed by atoms with Crippen LogP contribution in [-0.4, -0.2) is 5.11 Å². The molecule has 6 rings (SSSR count). The summed E-state index contributed by atoms with van der Waals surface area (Å²) in [6.07, 6.45) is 3.81. The second-order valence-electron chi connectivity index (χ2n) is 4.89. The fraction of sp³-hybridized carbons (Fsp3) is 0.250. The number of phenolic OH excluding ortho intramolecular Hbond substituents is 1. The highest BCUT2D eigenvalue weighted by molar-refractivity contribution is 9.10. The van der Waals surface area contributed by atoms with E-state index >= 15 is 0 Å². The van der Waals surface area contributed by atoms with Gasteiger partial charge in [0.15, 0.2) is 0 Å². The van der Waals surface area contributed by atoms with Gasteiger partial charge in [-0.15, -0.1) is 0 Å². The molecule has 4 bridgehead atoms. The molecule has 0 heterocycles. The minimum atomic E-state index is 0.443. The number of aryl methyl sites for hydroxylation is 4. The van der Waals surface area contributed by atoms with E-state index in [-0.39, 0.29) is 0 Å². The highest BCUT2D eigenvalue weighted by atomic mass is 79.9. The van der Waals surface area contributed by atoms with Gasteiger partial charge in [-0.3, -0.25) is 0 Å². The number of benzene rings is 2. The quantitative estimate of drug-likeness (QED) is 0.779. The Morgan fingerprint density at radius 1 is 0.778 bits per heavy atom. The topological polar surface area (TPSA) is 20.2 Å². The zero-order chi connectivity index (χ0) is 12.5. The van der Waals surface area contributed by atoms with Crippen molar-refractivity contribution in [1.82, 2.24) is 0 Å². The molecule has 0 amide bonds. The highest BCUT2D eigenvalue weighted by Crippen LogP contribution is 2.26. The molecule has 0 saturated heterocycles. The van der Waals surface area contributed by atoms with Crippen LogP contribution in [0.2, 0.25) is 0 Å². The Balaban J connectivity index is 2.04. The minimum absolute atomic E-state index is 0.443. The minimum Gasteiger partial charge on any atom is -0.508 e. The monoisotopic (exact) mass is 302 g/mol. The third kappa shape index (κ3) is 2.30. The van der Waals surface area contributed by atoms with Crippen LogP contribution in [-0.2, 0) is 25.7 Å². The molecule has 4 aliphatic rings. The molecule has 2 aromatic rings. The van der Waals surface area contributed by atoms with Crippen molar-refractivity contribution in [3.8, 4) is 5.75 Å². The van der Waals surface area contributed by atoms with Gasteiger partial charge in [-0.1, -0.05) is 40.2 Å². The van der Waals surface area contributed by atoms with Gasteiger partial charge in [0.1, 0.15) is 5.75 Å². The van der Waals surface area contributed by atoms with Crippen LogP contribution in [0.15, 0.2) is 40.9 Å². The summed E-state index contributed by atoms with van der Waals surface area (Å²) in [5.74, 6) is 0.443. The highest BCUT2D eigenvalue weighted by Gasteiger charge is 2.08. The van der Waals surface area contributed by atoms with Gasteiger partial charge < -0.3 is 5.11 Å². The molecular formula is C16H15BrO. The second kappa shape index (κ2) is 4.77. The number of rotatable bonds is 0. The maximum atomic E-state index is 10.0. The summed E-state index contributed by atoms with van der Waals surface area (Å²) >= 11 is 3.64. The molecular weight excluding hydrogens is 288 g/mol. The van der Waals surface area contributed by atoms with E-state index < -0.39 is 0 Å². The number of phenols is 1. The molecule has 18 heavy (non-hydrogen) atoms. The molecule has 0 radical (unpaired) electrons. The predicted octanol–water partition coefficient (Wildman–Crippen LogP) is 4.04. The average Bonchev–Trinajstić information content (AvgIpc) is 2.34. The molecule has 0 atom stereocenters. The molecule has 4 aliphatic carbocycles. The Morgan fingerprint density at radius 2 is 1.39 bits per heavy atom. The summed E-state index contributed by atoms with van der Waals surface area (Å²) in [5.41, 5.74) is 4.89. The summed E-state index contributed by atoms with van der Waals surface area (Å²) < 4.78 is 1.19. The zero-order valence-electron chi connectivity index (χ0n) is 10.1. The van der Waals surface area contributed by atoms with Crippen molar-refractivity contribution >= 4 is 15.9 Å². The van der Waals surface area contributed by atoms with Crippen molar-refractivity contribution in [3.63, 3.8) is 0 Å². The van der Waals surface area contributed by atoms with E-state index in [2.05, 4.69) is 46.3 Å². The third-order valence-corrected chi connectivity index (χ3v) is 4.37. The average molecular weight is 303 g/mol. The SMILES string of the molecule is Oc1cc2ccc1CCc1ccc(cc1Br)CC2. The predicted molar refractivity (Wildman–Crippen MR) is 77.1 cm³/mol. The van der Waals surface area contributed by atoms with E-state index in [4.69, 9.17) is 0 Å². The van der Waals surface area contributed by atoms with Crippen molar-refractivity contribution in [2.75, 3.05) is 0 Å². The fourth-order valence-corrected chi connectivity index (χ4v) is 3.11. The molecule has 0 aromatic heterocycles. The van der Waals surface area contributed by atoms with Crippen molar-refractivity contribution in [2.45, 2.75) is 25.7 Å². The first-order valence-corrected chi connectivity index (χ1v) is 7.10. The lowest BCUT2D eigenvalue weighted by Crippen LogP contribution is -1.99. The first kappa shape index (κ1) is 11.8. The van der Waals surface area contributed by atoms with Gasteiger partial charge >= 0.3 is 0 Å². The second-order valence-corrected chi connectivity index (χ2v) is 5.74. The summed E-state index contributed by atoms with van der Waals surface area (Å²) in [5, 5.41) is 10.0. The Morgan fingerprint density at radius 3 is 2.06 bits per heavy atom. The van der Waals surface area contributed by atoms with Crippen LogP contribution in [0.4, 0.5) is 0 Å². The van der Waals surface area contributed by atoms with E-state index in [9.17, 15) is 5.11 Å². The molecule has 1 N–H and O–H groups in total. The summed E-state index contributed by atoms with van der Waals surface area (Å²) in [6, 6.07) is 12.8. The summed E-state index contributed by atoms with van der Waals surface area (Å²) in [6.45, 7) is 0. The van der Waals surface area contributed by atoms with Crippen LogP contribution in [0.5, 0.6) is 5.75 Å². The van der Waals surface area contributed by atoms with Crippen LogP contribution < -0.4 is 0 Å². The standard InChI is InChI=1S/C16H15BrO/c17-15-9-11-1-2-12-4-6-14(16(18)10-12)8-7-13(15)5-3-11/h3-6,9-10,18H,1-2,7-8H2. The Labute approximate surface area is 116 Å². The van der Waals surface area contributed by atoms with Gasteiger partial charge in [-0.25, -0.2) is 0 Å². The van der Waals surface area contributed by atoms with Gasteiger partial charge in [0, 0.05) is 4.47 Å². The van der Waals surface area contributed by atoms with Crippen LogP contribution in [0, 0.1) is 0 Å².